The molecule has 6 rings (SSSR count). The zero-order valence-electron chi connectivity index (χ0n) is 25.5. The Morgan fingerprint density at radius 1 is 0.935 bits per heavy atom. The number of carbonyl (C=O) groups excluding carboxylic acids is 1. The molecule has 1 atom stereocenters. The van der Waals surface area contributed by atoms with Crippen LogP contribution in [0.5, 0.6) is 17.2 Å². The van der Waals surface area contributed by atoms with Gasteiger partial charge in [-0.25, -0.2) is 9.79 Å². The number of methoxy groups -OCH3 is 1. The van der Waals surface area contributed by atoms with E-state index >= 15 is 0 Å². The number of hydrogen-bond acceptors (Lipinski definition) is 8. The lowest BCUT2D eigenvalue weighted by Gasteiger charge is -2.23. The van der Waals surface area contributed by atoms with Crippen LogP contribution in [0, 0.1) is 0 Å². The molecule has 4 aromatic carbocycles. The summed E-state index contributed by atoms with van der Waals surface area (Å²) in [6, 6.07) is 24.7. The van der Waals surface area contributed by atoms with Crippen molar-refractivity contribution >= 4 is 50.1 Å². The second-order valence-electron chi connectivity index (χ2n) is 10.4. The first-order chi connectivity index (χ1) is 22.4. The lowest BCUT2D eigenvalue weighted by Crippen LogP contribution is -2.39. The van der Waals surface area contributed by atoms with Crippen LogP contribution in [0.3, 0.4) is 0 Å². The summed E-state index contributed by atoms with van der Waals surface area (Å²) in [5.74, 6) is 1.23. The first-order valence-electron chi connectivity index (χ1n) is 14.8. The highest BCUT2D eigenvalue weighted by atomic mass is 79.9. The van der Waals surface area contributed by atoms with Crippen LogP contribution in [0.25, 0.3) is 16.8 Å². The molecule has 46 heavy (non-hydrogen) atoms. The molecule has 1 aromatic heterocycles. The van der Waals surface area contributed by atoms with E-state index in [1.807, 2.05) is 62.4 Å². The van der Waals surface area contributed by atoms with Gasteiger partial charge in [0, 0.05) is 6.20 Å². The predicted octanol–water partition coefficient (Wildman–Crippen LogP) is 6.31. The minimum Gasteiger partial charge on any atom is -0.490 e. The molecular weight excluding hydrogens is 668 g/mol. The number of benzene rings is 4. The van der Waals surface area contributed by atoms with E-state index in [2.05, 4.69) is 45.2 Å². The zero-order valence-corrected chi connectivity index (χ0v) is 27.9. The number of nitrogens with zero attached hydrogens (tertiary/aromatic N) is 2. The number of carbonyl (C=O) groups is 1. The molecule has 234 valence electrons. The molecule has 0 saturated carbocycles. The van der Waals surface area contributed by atoms with Crippen molar-refractivity contribution in [3.63, 3.8) is 0 Å². The highest BCUT2D eigenvalue weighted by Gasteiger charge is 2.31. The number of esters is 1. The van der Waals surface area contributed by atoms with Gasteiger partial charge < -0.3 is 18.9 Å². The van der Waals surface area contributed by atoms with E-state index < -0.39 is 12.0 Å². The molecule has 0 saturated heterocycles. The molecule has 0 bridgehead atoms. The lowest BCUT2D eigenvalue weighted by molar-refractivity contribution is -0.136. The fourth-order valence-corrected chi connectivity index (χ4v) is 6.92. The van der Waals surface area contributed by atoms with Crippen LogP contribution < -0.4 is 29.1 Å². The maximum atomic E-state index is 14.0. The summed E-state index contributed by atoms with van der Waals surface area (Å²) < 4.78 is 25.6. The molecule has 1 aliphatic rings. The number of fused-ring (bicyclic) bond motifs is 2. The molecule has 0 amide bonds. The summed E-state index contributed by atoms with van der Waals surface area (Å²) >= 11 is 4.89. The van der Waals surface area contributed by atoms with Crippen LogP contribution >= 0.6 is 27.3 Å². The van der Waals surface area contributed by atoms with Crippen molar-refractivity contribution in [3.05, 3.63) is 131 Å². The lowest BCUT2D eigenvalue weighted by atomic mass is 9.97. The molecule has 0 N–H and O–H groups in total. The van der Waals surface area contributed by atoms with Crippen LogP contribution in [0.2, 0.25) is 0 Å². The van der Waals surface area contributed by atoms with Crippen LogP contribution in [0.1, 0.15) is 36.6 Å². The maximum Gasteiger partial charge on any atom is 0.337 e. The minimum absolute atomic E-state index is 0.239. The Labute approximate surface area is 278 Å². The van der Waals surface area contributed by atoms with E-state index in [9.17, 15) is 9.59 Å². The van der Waals surface area contributed by atoms with Crippen molar-refractivity contribution in [1.82, 2.24) is 4.57 Å². The molecule has 0 fully saturated rings. The standard InChI is InChI=1S/C36H31BrN2O6S/c1-4-43-30-16-14-24(19-31(30)44-5-2)33-27(35(41)42-3)20-38-36-39(33)34(40)32(46-36)18-22-13-15-29(28(37)17-22)45-21-25-11-8-10-23-9-6-7-12-26(23)25/h6-20,33H,4-5,21H2,1-3H3/b32-18-/t33-/m0/s1. The van der Waals surface area contributed by atoms with Gasteiger partial charge in [0.2, 0.25) is 0 Å². The zero-order chi connectivity index (χ0) is 32.2. The third-order valence-corrected chi connectivity index (χ3v) is 9.14. The fourth-order valence-electron chi connectivity index (χ4n) is 5.44. The van der Waals surface area contributed by atoms with Crippen molar-refractivity contribution < 1.29 is 23.7 Å². The van der Waals surface area contributed by atoms with Gasteiger partial charge in [0.05, 0.1) is 40.9 Å². The van der Waals surface area contributed by atoms with Crippen molar-refractivity contribution in [2.24, 2.45) is 4.99 Å². The number of thiazole rings is 1. The topological polar surface area (TPSA) is 88.4 Å². The number of hydrogen-bond donors (Lipinski definition) is 0. The number of rotatable bonds is 10. The Hall–Kier alpha value is -4.67. The van der Waals surface area contributed by atoms with Gasteiger partial charge in [0.1, 0.15) is 12.4 Å². The van der Waals surface area contributed by atoms with Gasteiger partial charge in [-0.15, -0.1) is 0 Å². The van der Waals surface area contributed by atoms with Crippen molar-refractivity contribution in [2.45, 2.75) is 26.5 Å². The van der Waals surface area contributed by atoms with E-state index in [4.69, 9.17) is 18.9 Å². The predicted molar refractivity (Wildman–Crippen MR) is 182 cm³/mol. The van der Waals surface area contributed by atoms with E-state index in [1.165, 1.54) is 29.2 Å². The average molecular weight is 700 g/mol. The fraction of sp³-hybridized carbons (Fsp3) is 0.194. The van der Waals surface area contributed by atoms with E-state index in [0.29, 0.717) is 52.0 Å². The van der Waals surface area contributed by atoms with Gasteiger partial charge in [-0.3, -0.25) is 9.36 Å². The molecule has 0 spiro atoms. The molecular formula is C36H31BrN2O6S. The minimum atomic E-state index is -0.766. The molecule has 0 unspecified atom stereocenters. The van der Waals surface area contributed by atoms with Gasteiger partial charge in [-0.05, 0) is 87.6 Å². The molecule has 1 aliphatic heterocycles. The average Bonchev–Trinajstić information content (AvgIpc) is 3.39. The van der Waals surface area contributed by atoms with Crippen LogP contribution in [0.15, 0.2) is 105 Å². The van der Waals surface area contributed by atoms with Crippen LogP contribution in [-0.2, 0) is 16.1 Å². The Bertz CT molecular complexity index is 2150. The number of ether oxygens (including phenoxy) is 4. The van der Waals surface area contributed by atoms with Crippen LogP contribution in [0.4, 0.5) is 0 Å². The summed E-state index contributed by atoms with van der Waals surface area (Å²) in [5.41, 5.74) is 2.53. The monoisotopic (exact) mass is 698 g/mol. The summed E-state index contributed by atoms with van der Waals surface area (Å²) in [7, 11) is 1.31. The van der Waals surface area contributed by atoms with Crippen molar-refractivity contribution in [1.29, 1.82) is 0 Å². The molecule has 0 aliphatic carbocycles. The van der Waals surface area contributed by atoms with Crippen LogP contribution in [-0.4, -0.2) is 30.9 Å². The molecule has 8 nitrogen and oxygen atoms in total. The maximum absolute atomic E-state index is 14.0. The van der Waals surface area contributed by atoms with E-state index in [-0.39, 0.29) is 11.1 Å². The smallest absolute Gasteiger partial charge is 0.337 e. The Morgan fingerprint density at radius 3 is 2.48 bits per heavy atom. The molecule has 0 radical (unpaired) electrons. The second-order valence-corrected chi connectivity index (χ2v) is 12.2. The summed E-state index contributed by atoms with van der Waals surface area (Å²) in [5, 5.41) is 2.32. The largest absolute Gasteiger partial charge is 0.490 e. The summed E-state index contributed by atoms with van der Waals surface area (Å²) in [6.07, 6.45) is 3.28. The highest BCUT2D eigenvalue weighted by molar-refractivity contribution is 9.10. The second kappa shape index (κ2) is 13.8. The third kappa shape index (κ3) is 6.23. The quantitative estimate of drug-likeness (QED) is 0.159. The van der Waals surface area contributed by atoms with Gasteiger partial charge in [0.15, 0.2) is 16.3 Å². The van der Waals surface area contributed by atoms with Gasteiger partial charge in [-0.2, -0.15) is 0 Å². The number of aromatic nitrogens is 1. The highest BCUT2D eigenvalue weighted by Crippen LogP contribution is 2.35. The first kappa shape index (κ1) is 31.3. The molecule has 10 heteroatoms. The number of halogens is 1. The summed E-state index contributed by atoms with van der Waals surface area (Å²) in [4.78, 5) is 31.8. The Morgan fingerprint density at radius 2 is 1.70 bits per heavy atom. The van der Waals surface area contributed by atoms with Gasteiger partial charge >= 0.3 is 5.97 Å². The first-order valence-corrected chi connectivity index (χ1v) is 16.4. The van der Waals surface area contributed by atoms with E-state index in [1.54, 1.807) is 12.1 Å². The molecule has 5 aromatic rings. The van der Waals surface area contributed by atoms with Gasteiger partial charge in [-0.1, -0.05) is 65.9 Å². The SMILES string of the molecule is CCOc1ccc([C@H]2C(C(=O)OC)=CN=c3s/c(=C\c4ccc(OCc5cccc6ccccc56)c(Br)c4)c(=O)n32)cc1OCC. The van der Waals surface area contributed by atoms with Crippen molar-refractivity contribution in [3.8, 4) is 17.2 Å². The normalized spacial score (nSPS) is 14.3. The Kier molecular flexibility index (Phi) is 9.37. The van der Waals surface area contributed by atoms with Gasteiger partial charge in [0.25, 0.3) is 5.56 Å². The third-order valence-electron chi connectivity index (χ3n) is 7.52. The Balaban J connectivity index is 1.34. The molecule has 2 heterocycles. The van der Waals surface area contributed by atoms with E-state index in [0.717, 1.165) is 26.4 Å². The van der Waals surface area contributed by atoms with Crippen molar-refractivity contribution in [2.75, 3.05) is 20.3 Å². The summed E-state index contributed by atoms with van der Waals surface area (Å²) in [6.45, 7) is 5.08.